The monoisotopic (exact) mass is 284 g/mol. The van der Waals surface area contributed by atoms with Crippen LogP contribution in [-0.4, -0.2) is 24.1 Å². The minimum absolute atomic E-state index is 0.0100. The Balaban J connectivity index is 2.30. The highest BCUT2D eigenvalue weighted by Gasteiger charge is 2.18. The van der Waals surface area contributed by atoms with Crippen molar-refractivity contribution in [2.45, 2.75) is 52.4 Å². The van der Waals surface area contributed by atoms with E-state index in [9.17, 15) is 4.79 Å². The van der Waals surface area contributed by atoms with E-state index in [2.05, 4.69) is 38.0 Å². The topological polar surface area (TPSA) is 51.2 Å². The molecule has 108 valence electrons. The summed E-state index contributed by atoms with van der Waals surface area (Å²) in [6.45, 7) is 9.20. The van der Waals surface area contributed by atoms with E-state index < -0.39 is 0 Å². The molecule has 0 spiro atoms. The zero-order chi connectivity index (χ0) is 14.3. The molecule has 4 nitrogen and oxygen atoms in total. The van der Waals surface area contributed by atoms with Crippen LogP contribution in [0.5, 0.6) is 0 Å². The number of amides is 1. The lowest BCUT2D eigenvalue weighted by Gasteiger charge is -2.14. The van der Waals surface area contributed by atoms with Crippen molar-refractivity contribution in [1.29, 1.82) is 0 Å². The van der Waals surface area contributed by atoms with E-state index >= 15 is 0 Å². The van der Waals surface area contributed by atoms with Gasteiger partial charge in [0.2, 0.25) is 0 Å². The molecule has 5 heteroatoms. The van der Waals surface area contributed by atoms with Gasteiger partial charge >= 0.3 is 0 Å². The summed E-state index contributed by atoms with van der Waals surface area (Å²) in [6.07, 6.45) is 3.31. The molecule has 0 bridgehead atoms. The normalized spacial score (nSPS) is 11.6. The molecule has 1 aromatic heterocycles. The number of rotatable bonds is 7. The van der Waals surface area contributed by atoms with Gasteiger partial charge in [-0.3, -0.25) is 10.1 Å². The quantitative estimate of drug-likeness (QED) is 0.779. The number of thiazole rings is 1. The van der Waals surface area contributed by atoms with Crippen molar-refractivity contribution in [2.24, 2.45) is 0 Å². The second-order valence-electron chi connectivity index (χ2n) is 5.60. The highest BCUT2D eigenvalue weighted by atomic mass is 32.1. The Hall–Kier alpha value is -0.940. The third-order valence-corrected chi connectivity index (χ3v) is 3.40. The van der Waals surface area contributed by atoms with Crippen LogP contribution in [0.3, 0.4) is 0 Å². The number of carbonyl (C=O) groups excluding carboxylic acids is 1. The number of nitrogens with zero attached hydrogens (tertiary/aromatic N) is 1. The molecule has 0 radical (unpaired) electrons. The molecular formula is C14H24N2O2S. The Morgan fingerprint density at radius 2 is 2.16 bits per heavy atom. The van der Waals surface area contributed by atoms with E-state index in [-0.39, 0.29) is 17.9 Å². The lowest BCUT2D eigenvalue weighted by Crippen LogP contribution is -2.19. The maximum atomic E-state index is 11.6. The van der Waals surface area contributed by atoms with Crippen molar-refractivity contribution in [3.8, 4) is 0 Å². The summed E-state index contributed by atoms with van der Waals surface area (Å²) >= 11 is 1.45. The summed E-state index contributed by atoms with van der Waals surface area (Å²) in [6, 6.07) is 0. The van der Waals surface area contributed by atoms with E-state index in [1.165, 1.54) is 11.3 Å². The molecule has 1 heterocycles. The van der Waals surface area contributed by atoms with Gasteiger partial charge in [-0.15, -0.1) is 11.3 Å². The van der Waals surface area contributed by atoms with Gasteiger partial charge in [0.25, 0.3) is 5.91 Å². The van der Waals surface area contributed by atoms with Gasteiger partial charge in [0.15, 0.2) is 5.13 Å². The van der Waals surface area contributed by atoms with E-state index in [4.69, 9.17) is 4.74 Å². The molecule has 1 N–H and O–H groups in total. The Morgan fingerprint density at radius 1 is 1.42 bits per heavy atom. The molecule has 0 aliphatic heterocycles. The minimum atomic E-state index is -0.133. The highest BCUT2D eigenvalue weighted by Crippen LogP contribution is 2.26. The van der Waals surface area contributed by atoms with Crippen molar-refractivity contribution >= 4 is 22.4 Å². The molecule has 0 atom stereocenters. The molecule has 0 aliphatic carbocycles. The molecule has 19 heavy (non-hydrogen) atoms. The summed E-state index contributed by atoms with van der Waals surface area (Å²) in [7, 11) is 0. The van der Waals surface area contributed by atoms with Crippen molar-refractivity contribution in [2.75, 3.05) is 18.5 Å². The average Bonchev–Trinajstić information content (AvgIpc) is 2.77. The van der Waals surface area contributed by atoms with Crippen LogP contribution in [0.1, 0.15) is 52.7 Å². The van der Waals surface area contributed by atoms with Gasteiger partial charge in [-0.25, -0.2) is 4.98 Å². The number of ether oxygens (including phenoxy) is 1. The Bertz CT molecular complexity index is 396. The van der Waals surface area contributed by atoms with Crippen LogP contribution in [0.4, 0.5) is 5.13 Å². The molecule has 0 aliphatic rings. The van der Waals surface area contributed by atoms with E-state index in [1.54, 1.807) is 0 Å². The summed E-state index contributed by atoms with van der Waals surface area (Å²) < 4.78 is 5.31. The predicted octanol–water partition coefficient (Wildman–Crippen LogP) is 3.59. The van der Waals surface area contributed by atoms with Crippen molar-refractivity contribution in [1.82, 2.24) is 4.98 Å². The van der Waals surface area contributed by atoms with Crippen LogP contribution in [0.2, 0.25) is 0 Å². The fourth-order valence-electron chi connectivity index (χ4n) is 1.45. The van der Waals surface area contributed by atoms with Crippen molar-refractivity contribution in [3.63, 3.8) is 0 Å². The smallest absolute Gasteiger partial charge is 0.252 e. The van der Waals surface area contributed by atoms with Crippen LogP contribution in [0, 0.1) is 0 Å². The molecular weight excluding hydrogens is 260 g/mol. The van der Waals surface area contributed by atoms with Crippen LogP contribution in [0.25, 0.3) is 0 Å². The molecule has 0 aromatic carbocycles. The highest BCUT2D eigenvalue weighted by molar-refractivity contribution is 7.13. The van der Waals surface area contributed by atoms with E-state index in [1.807, 2.05) is 5.38 Å². The number of nitrogens with one attached hydrogen (secondary N) is 1. The maximum absolute atomic E-state index is 11.6. The van der Waals surface area contributed by atoms with Crippen LogP contribution >= 0.6 is 11.3 Å². The molecule has 1 rings (SSSR count). The van der Waals surface area contributed by atoms with Gasteiger partial charge in [0.1, 0.15) is 6.61 Å². The zero-order valence-corrected chi connectivity index (χ0v) is 13.1. The lowest BCUT2D eigenvalue weighted by molar-refractivity contribution is -0.120. The van der Waals surface area contributed by atoms with Gasteiger partial charge in [-0.2, -0.15) is 0 Å². The third kappa shape index (κ3) is 6.16. The minimum Gasteiger partial charge on any atom is -0.372 e. The van der Waals surface area contributed by atoms with Crippen LogP contribution < -0.4 is 5.32 Å². The van der Waals surface area contributed by atoms with E-state index in [0.717, 1.165) is 25.0 Å². The largest absolute Gasteiger partial charge is 0.372 e. The maximum Gasteiger partial charge on any atom is 0.252 e. The van der Waals surface area contributed by atoms with Gasteiger partial charge in [-0.05, 0) is 6.42 Å². The second-order valence-corrected chi connectivity index (χ2v) is 6.45. The number of carbonyl (C=O) groups is 1. The zero-order valence-electron chi connectivity index (χ0n) is 12.3. The Morgan fingerprint density at radius 3 is 2.74 bits per heavy atom. The van der Waals surface area contributed by atoms with Gasteiger partial charge in [0, 0.05) is 17.4 Å². The van der Waals surface area contributed by atoms with Gasteiger partial charge < -0.3 is 4.74 Å². The number of unbranched alkanes of at least 4 members (excludes halogenated alkanes) is 2. The standard InChI is InChI=1S/C14H24N2O2S/c1-5-6-7-8-18-9-12(17)16-13-15-11(10-19-13)14(2,3)4/h10H,5-9H2,1-4H3,(H,15,16,17). The summed E-state index contributed by atoms with van der Waals surface area (Å²) in [5.74, 6) is -0.133. The molecule has 1 amide bonds. The Kier molecular flexibility index (Phi) is 6.45. The van der Waals surface area contributed by atoms with Crippen molar-refractivity contribution in [3.05, 3.63) is 11.1 Å². The molecule has 0 unspecified atom stereocenters. The predicted molar refractivity (Wildman–Crippen MR) is 79.8 cm³/mol. The average molecular weight is 284 g/mol. The van der Waals surface area contributed by atoms with Crippen LogP contribution in [-0.2, 0) is 14.9 Å². The first-order valence-corrected chi connectivity index (χ1v) is 7.65. The summed E-state index contributed by atoms with van der Waals surface area (Å²) in [5.41, 5.74) is 1.01. The van der Waals surface area contributed by atoms with Crippen molar-refractivity contribution < 1.29 is 9.53 Å². The number of hydrogen-bond donors (Lipinski definition) is 1. The number of aromatic nitrogens is 1. The fraction of sp³-hybridized carbons (Fsp3) is 0.714. The number of anilines is 1. The SMILES string of the molecule is CCCCCOCC(=O)Nc1nc(C(C)(C)C)cs1. The molecule has 0 saturated carbocycles. The first-order chi connectivity index (χ1) is 8.93. The molecule has 0 saturated heterocycles. The van der Waals surface area contributed by atoms with Gasteiger partial charge in [0.05, 0.1) is 5.69 Å². The fourth-order valence-corrected chi connectivity index (χ4v) is 2.40. The first-order valence-electron chi connectivity index (χ1n) is 6.77. The molecule has 1 aromatic rings. The summed E-state index contributed by atoms with van der Waals surface area (Å²) in [4.78, 5) is 16.0. The third-order valence-electron chi connectivity index (χ3n) is 2.64. The van der Waals surface area contributed by atoms with Crippen LogP contribution in [0.15, 0.2) is 5.38 Å². The Labute approximate surface area is 119 Å². The summed E-state index contributed by atoms with van der Waals surface area (Å²) in [5, 5.41) is 5.40. The number of hydrogen-bond acceptors (Lipinski definition) is 4. The van der Waals surface area contributed by atoms with E-state index in [0.29, 0.717) is 11.7 Å². The van der Waals surface area contributed by atoms with Gasteiger partial charge in [-0.1, -0.05) is 40.5 Å². The lowest BCUT2D eigenvalue weighted by atomic mass is 9.93. The second kappa shape index (κ2) is 7.60. The molecule has 0 fully saturated rings. The first kappa shape index (κ1) is 16.1.